The predicted octanol–water partition coefficient (Wildman–Crippen LogP) is 2.88. The fourth-order valence-corrected chi connectivity index (χ4v) is 2.99. The average molecular weight is 328 g/mol. The van der Waals surface area contributed by atoms with Crippen molar-refractivity contribution in [3.05, 3.63) is 36.2 Å². The summed E-state index contributed by atoms with van der Waals surface area (Å²) in [5, 5.41) is 3.59. The molecule has 0 amide bonds. The molecule has 1 aliphatic rings. The molecule has 1 unspecified atom stereocenters. The standard InChI is InChI=1S/C18H24N4O2/c1-13-6-7-19-18(20-13)22-8-4-5-14(12-22)21-15-9-16(23-2)11-17(10-15)24-3/h6-7,9-11,14,21H,4-5,8,12H2,1-3H3. The number of methoxy groups -OCH3 is 2. The minimum atomic E-state index is 0.333. The summed E-state index contributed by atoms with van der Waals surface area (Å²) in [6.45, 7) is 3.86. The molecule has 1 aliphatic heterocycles. The van der Waals surface area contributed by atoms with E-state index in [0.717, 1.165) is 54.8 Å². The highest BCUT2D eigenvalue weighted by Gasteiger charge is 2.22. The number of hydrogen-bond acceptors (Lipinski definition) is 6. The fraction of sp³-hybridized carbons (Fsp3) is 0.444. The third kappa shape index (κ3) is 3.88. The highest BCUT2D eigenvalue weighted by molar-refractivity contribution is 5.54. The molecule has 1 saturated heterocycles. The number of nitrogens with zero attached hydrogens (tertiary/aromatic N) is 3. The molecule has 1 fully saturated rings. The third-order valence-corrected chi connectivity index (χ3v) is 4.21. The lowest BCUT2D eigenvalue weighted by molar-refractivity contribution is 0.394. The van der Waals surface area contributed by atoms with Gasteiger partial charge in [0.15, 0.2) is 0 Å². The second kappa shape index (κ2) is 7.38. The van der Waals surface area contributed by atoms with E-state index in [1.807, 2.05) is 37.4 Å². The first-order valence-corrected chi connectivity index (χ1v) is 8.22. The first kappa shape index (κ1) is 16.4. The van der Waals surface area contributed by atoms with Crippen molar-refractivity contribution in [2.75, 3.05) is 37.5 Å². The zero-order valence-electron chi connectivity index (χ0n) is 14.5. The lowest BCUT2D eigenvalue weighted by Gasteiger charge is -2.33. The van der Waals surface area contributed by atoms with Gasteiger partial charge < -0.3 is 19.7 Å². The van der Waals surface area contributed by atoms with E-state index in [1.54, 1.807) is 14.2 Å². The van der Waals surface area contributed by atoms with Gasteiger partial charge in [-0.15, -0.1) is 0 Å². The Balaban J connectivity index is 1.71. The minimum Gasteiger partial charge on any atom is -0.497 e. The van der Waals surface area contributed by atoms with Gasteiger partial charge in [0.25, 0.3) is 0 Å². The third-order valence-electron chi connectivity index (χ3n) is 4.21. The minimum absolute atomic E-state index is 0.333. The maximum absolute atomic E-state index is 5.34. The summed E-state index contributed by atoms with van der Waals surface area (Å²) in [7, 11) is 3.33. The summed E-state index contributed by atoms with van der Waals surface area (Å²) >= 11 is 0. The number of benzene rings is 1. The van der Waals surface area contributed by atoms with Crippen LogP contribution in [0.5, 0.6) is 11.5 Å². The summed E-state index contributed by atoms with van der Waals surface area (Å²) < 4.78 is 10.7. The molecule has 0 radical (unpaired) electrons. The number of anilines is 2. The van der Waals surface area contributed by atoms with Gasteiger partial charge in [-0.2, -0.15) is 0 Å². The maximum Gasteiger partial charge on any atom is 0.225 e. The van der Waals surface area contributed by atoms with E-state index in [0.29, 0.717) is 6.04 Å². The van der Waals surface area contributed by atoms with Crippen LogP contribution in [0.2, 0.25) is 0 Å². The number of rotatable bonds is 5. The maximum atomic E-state index is 5.34. The molecule has 0 bridgehead atoms. The summed E-state index contributed by atoms with van der Waals surface area (Å²) in [4.78, 5) is 11.2. The molecule has 6 heteroatoms. The molecular formula is C18H24N4O2. The number of aromatic nitrogens is 2. The Labute approximate surface area is 142 Å². The molecule has 0 saturated carbocycles. The van der Waals surface area contributed by atoms with Crippen molar-refractivity contribution in [1.29, 1.82) is 0 Å². The highest BCUT2D eigenvalue weighted by Crippen LogP contribution is 2.27. The van der Waals surface area contributed by atoms with E-state index in [4.69, 9.17) is 9.47 Å². The summed E-state index contributed by atoms with van der Waals surface area (Å²) in [6, 6.07) is 8.11. The second-order valence-corrected chi connectivity index (χ2v) is 6.03. The van der Waals surface area contributed by atoms with Crippen LogP contribution in [0.25, 0.3) is 0 Å². The normalized spacial score (nSPS) is 17.5. The van der Waals surface area contributed by atoms with Crippen LogP contribution in [0.1, 0.15) is 18.5 Å². The van der Waals surface area contributed by atoms with Crippen LogP contribution in [0, 0.1) is 6.92 Å². The Kier molecular flexibility index (Phi) is 5.03. The zero-order chi connectivity index (χ0) is 16.9. The van der Waals surface area contributed by atoms with Gasteiger partial charge in [-0.05, 0) is 25.8 Å². The number of piperidine rings is 1. The van der Waals surface area contributed by atoms with E-state index >= 15 is 0 Å². The zero-order valence-corrected chi connectivity index (χ0v) is 14.5. The Morgan fingerprint density at radius 1 is 1.17 bits per heavy atom. The van der Waals surface area contributed by atoms with Crippen LogP contribution < -0.4 is 19.7 Å². The van der Waals surface area contributed by atoms with Crippen LogP contribution in [0.4, 0.5) is 11.6 Å². The molecule has 3 rings (SSSR count). The lowest BCUT2D eigenvalue weighted by Crippen LogP contribution is -2.43. The van der Waals surface area contributed by atoms with E-state index in [1.165, 1.54) is 0 Å². The summed E-state index contributed by atoms with van der Waals surface area (Å²) in [5.41, 5.74) is 2.00. The number of aryl methyl sites for hydroxylation is 1. The molecule has 1 atom stereocenters. The van der Waals surface area contributed by atoms with E-state index < -0.39 is 0 Å². The van der Waals surface area contributed by atoms with Gasteiger partial charge in [0, 0.05) is 54.9 Å². The van der Waals surface area contributed by atoms with Crippen molar-refractivity contribution < 1.29 is 9.47 Å². The van der Waals surface area contributed by atoms with Gasteiger partial charge in [0.2, 0.25) is 5.95 Å². The molecule has 0 aliphatic carbocycles. The first-order valence-electron chi connectivity index (χ1n) is 8.22. The first-order chi connectivity index (χ1) is 11.7. The van der Waals surface area contributed by atoms with Gasteiger partial charge in [0.05, 0.1) is 14.2 Å². The van der Waals surface area contributed by atoms with E-state index in [2.05, 4.69) is 20.2 Å². The fourth-order valence-electron chi connectivity index (χ4n) is 2.99. The van der Waals surface area contributed by atoms with Crippen molar-refractivity contribution in [3.63, 3.8) is 0 Å². The van der Waals surface area contributed by atoms with Gasteiger partial charge in [-0.3, -0.25) is 0 Å². The van der Waals surface area contributed by atoms with Crippen LogP contribution in [-0.2, 0) is 0 Å². The van der Waals surface area contributed by atoms with E-state index in [9.17, 15) is 0 Å². The van der Waals surface area contributed by atoms with Crippen molar-refractivity contribution in [2.45, 2.75) is 25.8 Å². The number of ether oxygens (including phenoxy) is 2. The van der Waals surface area contributed by atoms with Crippen molar-refractivity contribution in [3.8, 4) is 11.5 Å². The Hall–Kier alpha value is -2.50. The average Bonchev–Trinajstić information content (AvgIpc) is 2.61. The molecule has 1 N–H and O–H groups in total. The molecule has 128 valence electrons. The molecule has 24 heavy (non-hydrogen) atoms. The smallest absolute Gasteiger partial charge is 0.225 e. The predicted molar refractivity (Wildman–Crippen MR) is 95.2 cm³/mol. The van der Waals surface area contributed by atoms with Crippen molar-refractivity contribution in [1.82, 2.24) is 9.97 Å². The SMILES string of the molecule is COc1cc(NC2CCCN(c3nccc(C)n3)C2)cc(OC)c1. The Morgan fingerprint density at radius 3 is 2.58 bits per heavy atom. The molecule has 2 aromatic rings. The van der Waals surface area contributed by atoms with E-state index in [-0.39, 0.29) is 0 Å². The second-order valence-electron chi connectivity index (χ2n) is 6.03. The van der Waals surface area contributed by atoms with Gasteiger partial charge in [-0.1, -0.05) is 0 Å². The van der Waals surface area contributed by atoms with Gasteiger partial charge in [-0.25, -0.2) is 9.97 Å². The van der Waals surface area contributed by atoms with Crippen LogP contribution in [0.3, 0.4) is 0 Å². The molecule has 1 aromatic carbocycles. The largest absolute Gasteiger partial charge is 0.497 e. The quantitative estimate of drug-likeness (QED) is 0.911. The number of nitrogens with one attached hydrogen (secondary N) is 1. The monoisotopic (exact) mass is 328 g/mol. The van der Waals surface area contributed by atoms with Gasteiger partial charge in [0.1, 0.15) is 11.5 Å². The molecule has 1 aromatic heterocycles. The van der Waals surface area contributed by atoms with Crippen LogP contribution in [-0.4, -0.2) is 43.3 Å². The molecular weight excluding hydrogens is 304 g/mol. The summed E-state index contributed by atoms with van der Waals surface area (Å²) in [6.07, 6.45) is 4.04. The Bertz CT molecular complexity index is 670. The Morgan fingerprint density at radius 2 is 1.92 bits per heavy atom. The summed E-state index contributed by atoms with van der Waals surface area (Å²) in [5.74, 6) is 2.38. The molecule has 0 spiro atoms. The van der Waals surface area contributed by atoms with Gasteiger partial charge >= 0.3 is 0 Å². The number of hydrogen-bond donors (Lipinski definition) is 1. The topological polar surface area (TPSA) is 59.5 Å². The lowest BCUT2D eigenvalue weighted by atomic mass is 10.1. The molecule has 6 nitrogen and oxygen atoms in total. The van der Waals surface area contributed by atoms with Crippen LogP contribution in [0.15, 0.2) is 30.5 Å². The molecule has 2 heterocycles. The van der Waals surface area contributed by atoms with Crippen molar-refractivity contribution >= 4 is 11.6 Å². The van der Waals surface area contributed by atoms with Crippen LogP contribution >= 0.6 is 0 Å². The van der Waals surface area contributed by atoms with Crippen molar-refractivity contribution in [2.24, 2.45) is 0 Å². The highest BCUT2D eigenvalue weighted by atomic mass is 16.5.